The third-order valence-electron chi connectivity index (χ3n) is 20.4. The Morgan fingerprint density at radius 1 is 0.269 bits per heavy atom. The minimum absolute atomic E-state index is 0.107. The van der Waals surface area contributed by atoms with E-state index in [0.29, 0.717) is 25.7 Å². The third kappa shape index (κ3) is 76.8. The van der Waals surface area contributed by atoms with Crippen LogP contribution in [0.1, 0.15) is 458 Å². The quantitative estimate of drug-likeness (QED) is 0.0222. The van der Waals surface area contributed by atoms with E-state index in [4.69, 9.17) is 37.0 Å². The first-order chi connectivity index (χ1) is 50.6. The molecule has 0 aliphatic rings. The second kappa shape index (κ2) is 77.8. The van der Waals surface area contributed by atoms with Gasteiger partial charge in [-0.3, -0.25) is 37.3 Å². The van der Waals surface area contributed by atoms with E-state index in [-0.39, 0.29) is 25.7 Å². The molecule has 0 aliphatic carbocycles. The number of hydrogen-bond donors (Lipinski definition) is 3. The van der Waals surface area contributed by atoms with Gasteiger partial charge < -0.3 is 33.8 Å². The van der Waals surface area contributed by atoms with Gasteiger partial charge in [0.1, 0.15) is 19.3 Å². The predicted octanol–water partition coefficient (Wildman–Crippen LogP) is 26.0. The van der Waals surface area contributed by atoms with Crippen LogP contribution < -0.4 is 0 Å². The van der Waals surface area contributed by atoms with Crippen LogP contribution in [0.5, 0.6) is 0 Å². The minimum Gasteiger partial charge on any atom is -0.462 e. The Labute approximate surface area is 638 Å². The van der Waals surface area contributed by atoms with Crippen molar-refractivity contribution in [2.75, 3.05) is 39.6 Å². The molecule has 6 atom stereocenters. The van der Waals surface area contributed by atoms with E-state index < -0.39 is 97.5 Å². The van der Waals surface area contributed by atoms with Crippen LogP contribution in [0, 0.1) is 5.92 Å². The number of carbonyl (C=O) groups excluding carboxylic acids is 4. The summed E-state index contributed by atoms with van der Waals surface area (Å²) in [4.78, 5) is 73.1. The first-order valence-corrected chi connectivity index (χ1v) is 47.2. The van der Waals surface area contributed by atoms with E-state index in [2.05, 4.69) is 34.6 Å². The van der Waals surface area contributed by atoms with Crippen molar-refractivity contribution in [1.82, 2.24) is 0 Å². The summed E-state index contributed by atoms with van der Waals surface area (Å²) >= 11 is 0. The van der Waals surface area contributed by atoms with Gasteiger partial charge in [0.05, 0.1) is 26.4 Å². The largest absolute Gasteiger partial charge is 0.472 e. The molecule has 3 unspecified atom stereocenters. The van der Waals surface area contributed by atoms with Crippen molar-refractivity contribution in [3.8, 4) is 0 Å². The maximum atomic E-state index is 13.1. The van der Waals surface area contributed by atoms with Crippen molar-refractivity contribution in [3.63, 3.8) is 0 Å². The van der Waals surface area contributed by atoms with E-state index in [1.807, 2.05) is 0 Å². The number of ether oxygens (including phenoxy) is 4. The van der Waals surface area contributed by atoms with Crippen molar-refractivity contribution < 1.29 is 80.2 Å². The number of phosphoric acid groups is 2. The van der Waals surface area contributed by atoms with Gasteiger partial charge in [-0.2, -0.15) is 0 Å². The van der Waals surface area contributed by atoms with Gasteiger partial charge in [0, 0.05) is 25.7 Å². The molecule has 0 aliphatic heterocycles. The first kappa shape index (κ1) is 102. The topological polar surface area (TPSA) is 237 Å². The van der Waals surface area contributed by atoms with Crippen molar-refractivity contribution in [2.45, 2.75) is 477 Å². The predicted molar refractivity (Wildman–Crippen MR) is 428 cm³/mol. The molecule has 0 saturated heterocycles. The number of aliphatic hydroxyl groups excluding tert-OH is 1. The lowest BCUT2D eigenvalue weighted by Gasteiger charge is -2.21. The Morgan fingerprint density at radius 3 is 0.683 bits per heavy atom. The summed E-state index contributed by atoms with van der Waals surface area (Å²) in [6.45, 7) is 7.31. The summed E-state index contributed by atoms with van der Waals surface area (Å²) in [5, 5.41) is 10.7. The number of hydrogen-bond acceptors (Lipinski definition) is 15. The number of carbonyl (C=O) groups is 4. The van der Waals surface area contributed by atoms with Crippen molar-refractivity contribution in [3.05, 3.63) is 0 Å². The van der Waals surface area contributed by atoms with Gasteiger partial charge in [-0.15, -0.1) is 0 Å². The Hall–Kier alpha value is -1.94. The molecule has 0 amide bonds. The highest BCUT2D eigenvalue weighted by molar-refractivity contribution is 7.47. The molecular formula is C85H166O17P2. The minimum atomic E-state index is -4.96. The van der Waals surface area contributed by atoms with Gasteiger partial charge in [-0.05, 0) is 31.6 Å². The molecule has 0 heterocycles. The summed E-state index contributed by atoms with van der Waals surface area (Å²) in [5.41, 5.74) is 0. The zero-order valence-corrected chi connectivity index (χ0v) is 70.0. The van der Waals surface area contributed by atoms with Gasteiger partial charge in [0.25, 0.3) is 0 Å². The van der Waals surface area contributed by atoms with Crippen molar-refractivity contribution >= 4 is 39.5 Å². The van der Waals surface area contributed by atoms with Crippen LogP contribution in [0.3, 0.4) is 0 Å². The first-order valence-electron chi connectivity index (χ1n) is 44.2. The van der Waals surface area contributed by atoms with Crippen LogP contribution in [0.25, 0.3) is 0 Å². The molecule has 19 heteroatoms. The van der Waals surface area contributed by atoms with Crippen LogP contribution >= 0.6 is 15.6 Å². The summed E-state index contributed by atoms with van der Waals surface area (Å²) in [6.07, 6.45) is 71.0. The van der Waals surface area contributed by atoms with E-state index in [9.17, 15) is 43.2 Å². The van der Waals surface area contributed by atoms with E-state index in [0.717, 1.165) is 102 Å². The van der Waals surface area contributed by atoms with Gasteiger partial charge in [0.15, 0.2) is 12.2 Å². The second-order valence-corrected chi connectivity index (χ2v) is 33.7. The normalized spacial score (nSPS) is 14.0. The van der Waals surface area contributed by atoms with E-state index in [1.165, 1.54) is 276 Å². The molecule has 0 rings (SSSR count). The Morgan fingerprint density at radius 2 is 0.462 bits per heavy atom. The highest BCUT2D eigenvalue weighted by Crippen LogP contribution is 2.45. The number of esters is 4. The van der Waals surface area contributed by atoms with Gasteiger partial charge in [0.2, 0.25) is 0 Å². The van der Waals surface area contributed by atoms with Crippen LogP contribution in [-0.4, -0.2) is 96.7 Å². The van der Waals surface area contributed by atoms with Crippen LogP contribution in [0.15, 0.2) is 0 Å². The smallest absolute Gasteiger partial charge is 0.462 e. The molecule has 0 saturated carbocycles. The molecule has 0 spiro atoms. The molecule has 0 aromatic rings. The Balaban J connectivity index is 5.21. The lowest BCUT2D eigenvalue weighted by Crippen LogP contribution is -2.30. The summed E-state index contributed by atoms with van der Waals surface area (Å²) in [7, 11) is -9.92. The third-order valence-corrected chi connectivity index (χ3v) is 22.3. The van der Waals surface area contributed by atoms with E-state index in [1.54, 1.807) is 0 Å². The number of rotatable bonds is 85. The maximum Gasteiger partial charge on any atom is 0.472 e. The molecular weight excluding hydrogens is 1350 g/mol. The maximum absolute atomic E-state index is 13.1. The van der Waals surface area contributed by atoms with Crippen molar-refractivity contribution in [2.24, 2.45) is 5.92 Å². The summed E-state index contributed by atoms with van der Waals surface area (Å²) in [6, 6.07) is 0. The van der Waals surface area contributed by atoms with Crippen LogP contribution in [0.4, 0.5) is 0 Å². The number of unbranched alkanes of at least 4 members (excludes halogenated alkanes) is 56. The average molecular weight is 1520 g/mol. The molecule has 0 radical (unpaired) electrons. The monoisotopic (exact) mass is 1520 g/mol. The molecule has 17 nitrogen and oxygen atoms in total. The van der Waals surface area contributed by atoms with Crippen LogP contribution in [-0.2, 0) is 65.4 Å². The summed E-state index contributed by atoms with van der Waals surface area (Å²) in [5.74, 6) is -1.37. The van der Waals surface area contributed by atoms with Gasteiger partial charge >= 0.3 is 39.5 Å². The Kier molecular flexibility index (Phi) is 76.3. The molecule has 0 aromatic carbocycles. The zero-order chi connectivity index (χ0) is 76.2. The highest BCUT2D eigenvalue weighted by Gasteiger charge is 2.30. The molecule has 618 valence electrons. The fourth-order valence-electron chi connectivity index (χ4n) is 13.3. The van der Waals surface area contributed by atoms with Crippen LogP contribution in [0.2, 0.25) is 0 Å². The fraction of sp³-hybridized carbons (Fsp3) is 0.953. The molecule has 0 aromatic heterocycles. The lowest BCUT2D eigenvalue weighted by atomic mass is 10.00. The average Bonchev–Trinajstić information content (AvgIpc) is 0.937. The Bertz CT molecular complexity index is 1980. The summed E-state index contributed by atoms with van der Waals surface area (Å²) < 4.78 is 68.8. The fourth-order valence-corrected chi connectivity index (χ4v) is 14.8. The van der Waals surface area contributed by atoms with Crippen molar-refractivity contribution in [1.29, 1.82) is 0 Å². The SMILES string of the molecule is CCCCCCCCCCCCCCCCCCCCCCCCC(=O)O[C@H](COC(=O)CCCCCCCCCCCCCCCCCCCCC)COP(=O)(O)OC[C@@H](O)COP(=O)(O)OC[C@@H](COC(=O)CCCCCCCCC(C)CC)OC(=O)CCCCCCCCCCCCCCC. The standard InChI is InChI=1S/C85H166O17P2/c1-6-10-13-16-19-22-25-28-30-32-34-35-36-38-40-42-45-48-51-54-61-66-71-84(89)101-80(74-95-82(87)68-63-58-52-49-46-44-41-39-37-33-31-29-26-23-20-17-14-11-7-2)76-99-103(91,92)97-72-79(86)73-98-104(93,94)100-77-81(75-96-83(88)69-64-59-56-55-57-62-67-78(5)9-4)102-85(90)70-65-60-53-50-47-43-27-24-21-18-15-12-8-3/h78-81,86H,6-77H2,1-5H3,(H,91,92)(H,93,94)/t78?,79-,80-,81-/m1/s1. The van der Waals surface area contributed by atoms with Gasteiger partial charge in [-0.1, -0.05) is 407 Å². The number of phosphoric ester groups is 2. The second-order valence-electron chi connectivity index (χ2n) is 30.8. The lowest BCUT2D eigenvalue weighted by molar-refractivity contribution is -0.161. The number of aliphatic hydroxyl groups is 1. The molecule has 0 bridgehead atoms. The molecule has 0 fully saturated rings. The van der Waals surface area contributed by atoms with E-state index >= 15 is 0 Å². The highest BCUT2D eigenvalue weighted by atomic mass is 31.2. The zero-order valence-electron chi connectivity index (χ0n) is 68.2. The molecule has 104 heavy (non-hydrogen) atoms. The molecule has 3 N–H and O–H groups in total. The van der Waals surface area contributed by atoms with Gasteiger partial charge in [-0.25, -0.2) is 9.13 Å².